The predicted octanol–water partition coefficient (Wildman–Crippen LogP) is 2.35. The number of carbonyl (C=O) groups is 1. The topological polar surface area (TPSA) is 35.5 Å². The molecule has 0 aliphatic rings. The molecule has 16 heavy (non-hydrogen) atoms. The molecule has 4 heteroatoms. The summed E-state index contributed by atoms with van der Waals surface area (Å²) < 4.78 is 23.0. The van der Waals surface area contributed by atoms with Crippen molar-refractivity contribution in [1.82, 2.24) is 0 Å². The second-order valence-corrected chi connectivity index (χ2v) is 4.23. The highest BCUT2D eigenvalue weighted by Gasteiger charge is 2.16. The first-order chi connectivity index (χ1) is 7.38. The molecule has 0 saturated carbocycles. The molecular weight excluding hydrogens is 211 g/mol. The van der Waals surface area contributed by atoms with E-state index in [0.29, 0.717) is 0 Å². The molecule has 1 aromatic carbocycles. The van der Waals surface area contributed by atoms with Crippen molar-refractivity contribution >= 4 is 5.97 Å². The highest BCUT2D eigenvalue weighted by molar-refractivity contribution is 5.71. The van der Waals surface area contributed by atoms with Gasteiger partial charge in [-0.1, -0.05) is 6.07 Å². The van der Waals surface area contributed by atoms with Crippen LogP contribution in [0, 0.1) is 11.9 Å². The van der Waals surface area contributed by atoms with E-state index in [0.717, 1.165) is 6.07 Å². The van der Waals surface area contributed by atoms with Crippen LogP contribution in [0.5, 0.6) is 5.75 Å². The number of hydrogen-bond donors (Lipinski definition) is 0. The summed E-state index contributed by atoms with van der Waals surface area (Å²) in [6, 6.07) is 6.61. The molecule has 0 atom stereocenters. The zero-order chi connectivity index (χ0) is 12.2. The van der Waals surface area contributed by atoms with Crippen LogP contribution >= 0.6 is 0 Å². The second-order valence-electron chi connectivity index (χ2n) is 4.23. The Labute approximate surface area is 94.2 Å². The van der Waals surface area contributed by atoms with Crippen molar-refractivity contribution in [2.75, 3.05) is 6.61 Å². The van der Waals surface area contributed by atoms with Gasteiger partial charge in [-0.05, 0) is 39.0 Å². The number of carbonyl (C=O) groups excluding carboxylic acids is 1. The van der Waals surface area contributed by atoms with Crippen LogP contribution in [0.3, 0.4) is 0 Å². The molecule has 0 aliphatic heterocycles. The van der Waals surface area contributed by atoms with E-state index < -0.39 is 17.4 Å². The molecule has 3 nitrogen and oxygen atoms in total. The van der Waals surface area contributed by atoms with E-state index in [1.165, 1.54) is 12.1 Å². The minimum absolute atomic E-state index is 0.0182. The summed E-state index contributed by atoms with van der Waals surface area (Å²) in [5, 5.41) is 0. The van der Waals surface area contributed by atoms with Gasteiger partial charge in [0.2, 0.25) is 0 Å². The smallest absolute Gasteiger partial charge is 0.344 e. The Morgan fingerprint density at radius 2 is 2.19 bits per heavy atom. The fourth-order valence-corrected chi connectivity index (χ4v) is 1.02. The first kappa shape index (κ1) is 12.5. The average Bonchev–Trinajstić information content (AvgIpc) is 2.14. The van der Waals surface area contributed by atoms with Crippen molar-refractivity contribution in [2.45, 2.75) is 26.4 Å². The Hall–Kier alpha value is -1.58. The molecule has 0 aromatic heterocycles. The minimum atomic E-state index is -0.566. The van der Waals surface area contributed by atoms with Gasteiger partial charge in [0.1, 0.15) is 5.60 Å². The predicted molar refractivity (Wildman–Crippen MR) is 56.6 cm³/mol. The molecule has 87 valence electrons. The van der Waals surface area contributed by atoms with Crippen LogP contribution < -0.4 is 4.74 Å². The lowest BCUT2D eigenvalue weighted by molar-refractivity contribution is -0.157. The summed E-state index contributed by atoms with van der Waals surface area (Å²) in [7, 11) is 0. The molecule has 0 fully saturated rings. The number of hydrogen-bond acceptors (Lipinski definition) is 3. The Balaban J connectivity index is 2.47. The van der Waals surface area contributed by atoms with E-state index in [1.54, 1.807) is 20.8 Å². The van der Waals surface area contributed by atoms with Gasteiger partial charge in [-0.25, -0.2) is 9.18 Å². The van der Waals surface area contributed by atoms with Gasteiger partial charge in [0, 0.05) is 0 Å². The van der Waals surface area contributed by atoms with Crippen LogP contribution in [0.2, 0.25) is 0 Å². The standard InChI is InChI=1S/C12H14FO3/c1-12(2,3)16-11(14)8-15-10-7-5-4-6-9(10)13/h5-7H,8H2,1-3H3. The van der Waals surface area contributed by atoms with Gasteiger partial charge in [-0.15, -0.1) is 0 Å². The van der Waals surface area contributed by atoms with Crippen molar-refractivity contribution in [3.8, 4) is 5.75 Å². The van der Waals surface area contributed by atoms with E-state index >= 15 is 0 Å². The lowest BCUT2D eigenvalue weighted by atomic mass is 10.2. The fourth-order valence-electron chi connectivity index (χ4n) is 1.02. The van der Waals surface area contributed by atoms with Crippen LogP contribution in [0.4, 0.5) is 4.39 Å². The van der Waals surface area contributed by atoms with E-state index in [2.05, 4.69) is 6.07 Å². The fraction of sp³-hybridized carbons (Fsp3) is 0.417. The third-order valence-electron chi connectivity index (χ3n) is 1.54. The number of rotatable bonds is 3. The number of halogens is 1. The first-order valence-corrected chi connectivity index (χ1v) is 4.89. The summed E-state index contributed by atoms with van der Waals surface area (Å²) >= 11 is 0. The molecule has 1 aromatic rings. The maximum absolute atomic E-state index is 13.1. The average molecular weight is 225 g/mol. The molecule has 0 bridgehead atoms. The van der Waals surface area contributed by atoms with Gasteiger partial charge >= 0.3 is 5.97 Å². The maximum Gasteiger partial charge on any atom is 0.344 e. The maximum atomic E-state index is 13.1. The largest absolute Gasteiger partial charge is 0.479 e. The third-order valence-corrected chi connectivity index (χ3v) is 1.54. The Bertz CT molecular complexity index is 369. The van der Waals surface area contributed by atoms with Gasteiger partial charge in [-0.2, -0.15) is 0 Å². The minimum Gasteiger partial charge on any atom is -0.479 e. The van der Waals surface area contributed by atoms with Crippen LogP contribution in [-0.4, -0.2) is 18.2 Å². The molecule has 0 aliphatic carbocycles. The molecule has 0 N–H and O–H groups in total. The number of ether oxygens (including phenoxy) is 2. The monoisotopic (exact) mass is 225 g/mol. The van der Waals surface area contributed by atoms with Crippen molar-refractivity contribution in [1.29, 1.82) is 0 Å². The SMILES string of the molecule is CC(C)(C)OC(=O)COc1cc[c]cc1F. The van der Waals surface area contributed by atoms with Crippen molar-refractivity contribution < 1.29 is 18.7 Å². The van der Waals surface area contributed by atoms with Crippen molar-refractivity contribution in [2.24, 2.45) is 0 Å². The molecule has 1 rings (SSSR count). The molecule has 0 unspecified atom stereocenters. The lowest BCUT2D eigenvalue weighted by Gasteiger charge is -2.19. The van der Waals surface area contributed by atoms with Crippen LogP contribution in [0.25, 0.3) is 0 Å². The van der Waals surface area contributed by atoms with Crippen molar-refractivity contribution in [3.05, 3.63) is 30.1 Å². The van der Waals surface area contributed by atoms with Crippen molar-refractivity contribution in [3.63, 3.8) is 0 Å². The zero-order valence-corrected chi connectivity index (χ0v) is 9.54. The van der Waals surface area contributed by atoms with E-state index in [9.17, 15) is 9.18 Å². The van der Waals surface area contributed by atoms with E-state index in [1.807, 2.05) is 0 Å². The normalized spacial score (nSPS) is 11.0. The number of esters is 1. The van der Waals surface area contributed by atoms with E-state index in [-0.39, 0.29) is 12.4 Å². The van der Waals surface area contributed by atoms with Crippen LogP contribution in [-0.2, 0) is 9.53 Å². The Morgan fingerprint density at radius 3 is 2.75 bits per heavy atom. The molecule has 1 radical (unpaired) electrons. The molecule has 0 amide bonds. The van der Waals surface area contributed by atoms with E-state index in [4.69, 9.17) is 9.47 Å². The third kappa shape index (κ3) is 4.29. The second kappa shape index (κ2) is 4.96. The van der Waals surface area contributed by atoms with Crippen LogP contribution in [0.15, 0.2) is 18.2 Å². The van der Waals surface area contributed by atoms with Gasteiger partial charge < -0.3 is 9.47 Å². The summed E-state index contributed by atoms with van der Waals surface area (Å²) in [5.74, 6) is -1.06. The Morgan fingerprint density at radius 1 is 1.50 bits per heavy atom. The summed E-state index contributed by atoms with van der Waals surface area (Å²) in [6.45, 7) is 4.95. The van der Waals surface area contributed by atoms with Gasteiger partial charge in [0.25, 0.3) is 0 Å². The highest BCUT2D eigenvalue weighted by atomic mass is 19.1. The molecule has 0 spiro atoms. The zero-order valence-electron chi connectivity index (χ0n) is 9.54. The molecule has 0 heterocycles. The quantitative estimate of drug-likeness (QED) is 0.741. The lowest BCUT2D eigenvalue weighted by Crippen LogP contribution is -2.27. The first-order valence-electron chi connectivity index (χ1n) is 4.89. The molecular formula is C12H14FO3. The number of benzene rings is 1. The Kier molecular flexibility index (Phi) is 3.88. The summed E-state index contributed by atoms with van der Waals surface area (Å²) in [4.78, 5) is 11.3. The van der Waals surface area contributed by atoms with Gasteiger partial charge in [0.15, 0.2) is 18.2 Å². The highest BCUT2D eigenvalue weighted by Crippen LogP contribution is 2.15. The van der Waals surface area contributed by atoms with Gasteiger partial charge in [0.05, 0.1) is 0 Å². The van der Waals surface area contributed by atoms with Crippen LogP contribution in [0.1, 0.15) is 20.8 Å². The molecule has 0 saturated heterocycles. The summed E-state index contributed by atoms with van der Waals surface area (Å²) in [5.41, 5.74) is -0.566. The summed E-state index contributed by atoms with van der Waals surface area (Å²) in [6.07, 6.45) is 0. The van der Waals surface area contributed by atoms with Gasteiger partial charge in [-0.3, -0.25) is 0 Å².